The minimum absolute atomic E-state index is 0.732. The molecule has 4 rings (SSSR count). The lowest BCUT2D eigenvalue weighted by Gasteiger charge is -2.44. The Balaban J connectivity index is 1.42. The SMILES string of the molecule is CCCN1CCN(c2ccccc2C2CCC3(CCCCC3)CC2)CC1. The van der Waals surface area contributed by atoms with Gasteiger partial charge in [-0.2, -0.15) is 0 Å². The zero-order valence-corrected chi connectivity index (χ0v) is 16.9. The molecule has 1 saturated heterocycles. The van der Waals surface area contributed by atoms with Gasteiger partial charge in [-0.05, 0) is 74.5 Å². The van der Waals surface area contributed by atoms with Crippen LogP contribution >= 0.6 is 0 Å². The van der Waals surface area contributed by atoms with E-state index in [1.165, 1.54) is 96.9 Å². The highest BCUT2D eigenvalue weighted by molar-refractivity contribution is 5.55. The summed E-state index contributed by atoms with van der Waals surface area (Å²) in [7, 11) is 0. The van der Waals surface area contributed by atoms with E-state index >= 15 is 0 Å². The number of rotatable bonds is 4. The van der Waals surface area contributed by atoms with E-state index in [9.17, 15) is 0 Å². The van der Waals surface area contributed by atoms with Crippen molar-refractivity contribution >= 4 is 5.69 Å². The molecule has 26 heavy (non-hydrogen) atoms. The van der Waals surface area contributed by atoms with Crippen LogP contribution in [0.3, 0.4) is 0 Å². The first-order valence-electron chi connectivity index (χ1n) is 11.4. The highest BCUT2D eigenvalue weighted by Gasteiger charge is 2.37. The van der Waals surface area contributed by atoms with E-state index in [1.54, 1.807) is 11.3 Å². The van der Waals surface area contributed by atoms with Crippen molar-refractivity contribution in [3.8, 4) is 0 Å². The third-order valence-electron chi connectivity index (χ3n) is 7.59. The second-order valence-corrected chi connectivity index (χ2v) is 9.22. The van der Waals surface area contributed by atoms with Gasteiger partial charge in [0.15, 0.2) is 0 Å². The molecule has 2 heteroatoms. The van der Waals surface area contributed by atoms with E-state index in [-0.39, 0.29) is 0 Å². The largest absolute Gasteiger partial charge is 0.369 e. The van der Waals surface area contributed by atoms with Crippen LogP contribution in [0.25, 0.3) is 0 Å². The number of hydrogen-bond donors (Lipinski definition) is 0. The fourth-order valence-corrected chi connectivity index (χ4v) is 5.99. The quantitative estimate of drug-likeness (QED) is 0.671. The van der Waals surface area contributed by atoms with Crippen LogP contribution in [-0.4, -0.2) is 37.6 Å². The molecular formula is C24H38N2. The average molecular weight is 355 g/mol. The summed E-state index contributed by atoms with van der Waals surface area (Å²) in [5, 5.41) is 0. The van der Waals surface area contributed by atoms with E-state index in [2.05, 4.69) is 41.0 Å². The predicted molar refractivity (Wildman–Crippen MR) is 112 cm³/mol. The predicted octanol–water partition coefficient (Wildman–Crippen LogP) is 5.83. The third kappa shape index (κ3) is 3.96. The molecule has 144 valence electrons. The number of benzene rings is 1. The Hall–Kier alpha value is -1.02. The maximum Gasteiger partial charge on any atom is 0.0402 e. The Morgan fingerprint density at radius 3 is 2.27 bits per heavy atom. The number of piperazine rings is 1. The maximum atomic E-state index is 2.67. The van der Waals surface area contributed by atoms with Crippen LogP contribution in [0.5, 0.6) is 0 Å². The second-order valence-electron chi connectivity index (χ2n) is 9.22. The Kier molecular flexibility index (Phi) is 5.88. The van der Waals surface area contributed by atoms with Crippen LogP contribution in [0.1, 0.15) is 82.6 Å². The molecule has 3 fully saturated rings. The molecule has 0 amide bonds. The Morgan fingerprint density at radius 1 is 0.885 bits per heavy atom. The van der Waals surface area contributed by atoms with Crippen LogP contribution in [0.2, 0.25) is 0 Å². The van der Waals surface area contributed by atoms with Crippen LogP contribution in [0.4, 0.5) is 5.69 Å². The molecule has 0 aromatic heterocycles. The summed E-state index contributed by atoms with van der Waals surface area (Å²) in [5.74, 6) is 0.799. The zero-order chi connectivity index (χ0) is 17.8. The summed E-state index contributed by atoms with van der Waals surface area (Å²) in [4.78, 5) is 5.30. The van der Waals surface area contributed by atoms with Crippen LogP contribution < -0.4 is 4.90 Å². The molecule has 1 aromatic rings. The molecule has 0 bridgehead atoms. The molecule has 1 aromatic carbocycles. The standard InChI is InChI=1S/C24H38N2/c1-2-16-25-17-19-26(20-18-25)23-9-5-4-8-22(23)21-10-14-24(15-11-21)12-6-3-7-13-24/h4-5,8-9,21H,2-3,6-7,10-20H2,1H3. The molecular weight excluding hydrogens is 316 g/mol. The van der Waals surface area contributed by atoms with Gasteiger partial charge in [-0.15, -0.1) is 0 Å². The Bertz CT molecular complexity index is 557. The van der Waals surface area contributed by atoms with Crippen molar-refractivity contribution in [1.29, 1.82) is 0 Å². The third-order valence-corrected chi connectivity index (χ3v) is 7.59. The van der Waals surface area contributed by atoms with Gasteiger partial charge < -0.3 is 4.90 Å². The molecule has 3 aliphatic rings. The summed E-state index contributed by atoms with van der Waals surface area (Å²) in [6, 6.07) is 9.37. The highest BCUT2D eigenvalue weighted by atomic mass is 15.3. The van der Waals surface area contributed by atoms with Gasteiger partial charge in [0.2, 0.25) is 0 Å². The first kappa shape index (κ1) is 18.3. The van der Waals surface area contributed by atoms with E-state index in [0.29, 0.717) is 0 Å². The Morgan fingerprint density at radius 2 is 1.58 bits per heavy atom. The molecule has 1 spiro atoms. The van der Waals surface area contributed by atoms with Crippen molar-refractivity contribution < 1.29 is 0 Å². The van der Waals surface area contributed by atoms with Crippen molar-refractivity contribution in [2.45, 2.75) is 77.0 Å². The normalized spacial score (nSPS) is 24.9. The van der Waals surface area contributed by atoms with Gasteiger partial charge in [0.05, 0.1) is 0 Å². The minimum atomic E-state index is 0.732. The van der Waals surface area contributed by atoms with E-state index in [4.69, 9.17) is 0 Å². The summed E-state index contributed by atoms with van der Waals surface area (Å²) < 4.78 is 0. The molecule has 0 N–H and O–H groups in total. The van der Waals surface area contributed by atoms with Gasteiger partial charge in [0, 0.05) is 31.9 Å². The summed E-state index contributed by atoms with van der Waals surface area (Å²) in [6.07, 6.45) is 14.6. The smallest absolute Gasteiger partial charge is 0.0402 e. The van der Waals surface area contributed by atoms with Gasteiger partial charge in [-0.3, -0.25) is 4.90 Å². The molecule has 0 atom stereocenters. The second kappa shape index (κ2) is 8.33. The number of para-hydroxylation sites is 1. The lowest BCUT2D eigenvalue weighted by molar-refractivity contribution is 0.114. The molecule has 1 heterocycles. The molecule has 0 unspecified atom stereocenters. The van der Waals surface area contributed by atoms with E-state index in [0.717, 1.165) is 11.3 Å². The monoisotopic (exact) mass is 354 g/mol. The fraction of sp³-hybridized carbons (Fsp3) is 0.750. The molecule has 0 radical (unpaired) electrons. The van der Waals surface area contributed by atoms with E-state index < -0.39 is 0 Å². The van der Waals surface area contributed by atoms with Gasteiger partial charge in [-0.1, -0.05) is 44.4 Å². The maximum absolute atomic E-state index is 2.67. The van der Waals surface area contributed by atoms with Crippen molar-refractivity contribution in [2.75, 3.05) is 37.6 Å². The Labute approximate surface area is 161 Å². The van der Waals surface area contributed by atoms with Crippen LogP contribution in [-0.2, 0) is 0 Å². The van der Waals surface area contributed by atoms with Crippen molar-refractivity contribution in [1.82, 2.24) is 4.90 Å². The number of anilines is 1. The average Bonchev–Trinajstić information content (AvgIpc) is 2.70. The van der Waals surface area contributed by atoms with Gasteiger partial charge in [0.25, 0.3) is 0 Å². The van der Waals surface area contributed by atoms with Crippen LogP contribution in [0, 0.1) is 5.41 Å². The fourth-order valence-electron chi connectivity index (χ4n) is 5.99. The minimum Gasteiger partial charge on any atom is -0.369 e. The van der Waals surface area contributed by atoms with Crippen LogP contribution in [0.15, 0.2) is 24.3 Å². The summed E-state index contributed by atoms with van der Waals surface area (Å²) in [5.41, 5.74) is 3.94. The lowest BCUT2D eigenvalue weighted by Crippen LogP contribution is -2.47. The molecule has 1 aliphatic heterocycles. The van der Waals surface area contributed by atoms with Gasteiger partial charge in [-0.25, -0.2) is 0 Å². The number of hydrogen-bond acceptors (Lipinski definition) is 2. The first-order valence-corrected chi connectivity index (χ1v) is 11.4. The summed E-state index contributed by atoms with van der Waals surface area (Å²) in [6.45, 7) is 8.43. The molecule has 2 nitrogen and oxygen atoms in total. The molecule has 2 aliphatic carbocycles. The van der Waals surface area contributed by atoms with Crippen molar-refractivity contribution in [3.63, 3.8) is 0 Å². The van der Waals surface area contributed by atoms with Crippen molar-refractivity contribution in [3.05, 3.63) is 29.8 Å². The van der Waals surface area contributed by atoms with Gasteiger partial charge >= 0.3 is 0 Å². The molecule has 2 saturated carbocycles. The summed E-state index contributed by atoms with van der Waals surface area (Å²) >= 11 is 0. The lowest BCUT2D eigenvalue weighted by atomic mass is 9.62. The van der Waals surface area contributed by atoms with E-state index in [1.807, 2.05) is 0 Å². The van der Waals surface area contributed by atoms with Crippen molar-refractivity contribution in [2.24, 2.45) is 5.41 Å². The number of nitrogens with zero attached hydrogens (tertiary/aromatic N) is 2. The zero-order valence-electron chi connectivity index (χ0n) is 16.9. The highest BCUT2D eigenvalue weighted by Crippen LogP contribution is 2.51. The first-order chi connectivity index (χ1) is 12.8. The van der Waals surface area contributed by atoms with Gasteiger partial charge in [0.1, 0.15) is 0 Å². The topological polar surface area (TPSA) is 6.48 Å².